The lowest BCUT2D eigenvalue weighted by molar-refractivity contribution is -0.139. The fourth-order valence-electron chi connectivity index (χ4n) is 1.79. The number of amides is 2. The molecule has 0 radical (unpaired) electrons. The zero-order valence-electron chi connectivity index (χ0n) is 12.0. The summed E-state index contributed by atoms with van der Waals surface area (Å²) in [6.07, 6.45) is 0. The molecular formula is C12H24ClN3O4. The third kappa shape index (κ3) is 7.04. The van der Waals surface area contributed by atoms with Crippen molar-refractivity contribution in [3.8, 4) is 0 Å². The smallest absolute Gasteiger partial charge is 0.245 e. The Hall–Kier alpha value is -0.890. The number of methoxy groups -OCH3 is 1. The topological polar surface area (TPSA) is 79.9 Å². The number of morpholine rings is 1. The highest BCUT2D eigenvalue weighted by molar-refractivity contribution is 5.88. The fraction of sp³-hybridized carbons (Fsp3) is 0.833. The highest BCUT2D eigenvalue weighted by atomic mass is 35.5. The molecule has 8 heteroatoms. The number of rotatable bonds is 7. The van der Waals surface area contributed by atoms with E-state index in [1.807, 2.05) is 0 Å². The van der Waals surface area contributed by atoms with Crippen LogP contribution in [0.1, 0.15) is 6.92 Å². The predicted molar refractivity (Wildman–Crippen MR) is 77.0 cm³/mol. The Bertz CT molecular complexity index is 298. The van der Waals surface area contributed by atoms with Crippen molar-refractivity contribution in [1.29, 1.82) is 0 Å². The first kappa shape index (κ1) is 19.1. The molecule has 2 amide bonds. The number of nitrogens with one attached hydrogen (secondary N) is 2. The average Bonchev–Trinajstić information content (AvgIpc) is 2.43. The van der Waals surface area contributed by atoms with Gasteiger partial charge in [0.1, 0.15) is 6.04 Å². The van der Waals surface area contributed by atoms with E-state index in [1.165, 1.54) is 0 Å². The van der Waals surface area contributed by atoms with Crippen LogP contribution in [-0.4, -0.2) is 75.9 Å². The maximum Gasteiger partial charge on any atom is 0.245 e. The van der Waals surface area contributed by atoms with Crippen LogP contribution in [-0.2, 0) is 19.1 Å². The molecule has 1 atom stereocenters. The van der Waals surface area contributed by atoms with E-state index in [0.29, 0.717) is 39.5 Å². The van der Waals surface area contributed by atoms with E-state index in [4.69, 9.17) is 9.47 Å². The minimum Gasteiger partial charge on any atom is -0.383 e. The lowest BCUT2D eigenvalue weighted by Gasteiger charge is -2.29. The molecule has 0 aliphatic carbocycles. The molecule has 20 heavy (non-hydrogen) atoms. The minimum atomic E-state index is -0.505. The maximum absolute atomic E-state index is 12.0. The first-order valence-electron chi connectivity index (χ1n) is 6.50. The van der Waals surface area contributed by atoms with E-state index >= 15 is 0 Å². The van der Waals surface area contributed by atoms with Gasteiger partial charge < -0.3 is 25.0 Å². The van der Waals surface area contributed by atoms with Crippen LogP contribution in [0.3, 0.4) is 0 Å². The first-order valence-corrected chi connectivity index (χ1v) is 6.50. The first-order chi connectivity index (χ1) is 9.15. The van der Waals surface area contributed by atoms with Gasteiger partial charge in [0.05, 0.1) is 26.4 Å². The molecule has 1 unspecified atom stereocenters. The van der Waals surface area contributed by atoms with Gasteiger partial charge in [-0.3, -0.25) is 9.59 Å². The van der Waals surface area contributed by atoms with Crippen molar-refractivity contribution in [3.63, 3.8) is 0 Å². The molecule has 0 aromatic carbocycles. The molecule has 1 rings (SSSR count). The van der Waals surface area contributed by atoms with Gasteiger partial charge in [0.2, 0.25) is 11.8 Å². The van der Waals surface area contributed by atoms with Crippen molar-refractivity contribution in [2.75, 3.05) is 53.1 Å². The molecule has 0 spiro atoms. The standard InChI is InChI=1S/C12H23N3O4.ClH/c1-10(12(17)15-4-7-19-8-5-15)14-11(16)9-13-3-6-18-2;/h10,13H,3-9H2,1-2H3,(H,14,16);1H. The van der Waals surface area contributed by atoms with Gasteiger partial charge >= 0.3 is 0 Å². The maximum atomic E-state index is 12.0. The van der Waals surface area contributed by atoms with Crippen LogP contribution in [0.15, 0.2) is 0 Å². The van der Waals surface area contributed by atoms with Crippen LogP contribution in [0.2, 0.25) is 0 Å². The summed E-state index contributed by atoms with van der Waals surface area (Å²) in [6.45, 7) is 5.34. The molecule has 118 valence electrons. The molecule has 0 aromatic heterocycles. The largest absolute Gasteiger partial charge is 0.383 e. The number of carbonyl (C=O) groups excluding carboxylic acids is 2. The number of halogens is 1. The normalized spacial score (nSPS) is 16.2. The highest BCUT2D eigenvalue weighted by Crippen LogP contribution is 2.00. The fourth-order valence-corrected chi connectivity index (χ4v) is 1.79. The van der Waals surface area contributed by atoms with Crippen molar-refractivity contribution in [1.82, 2.24) is 15.5 Å². The zero-order chi connectivity index (χ0) is 14.1. The lowest BCUT2D eigenvalue weighted by Crippen LogP contribution is -2.51. The van der Waals surface area contributed by atoms with Gasteiger partial charge in [0, 0.05) is 26.7 Å². The van der Waals surface area contributed by atoms with E-state index in [2.05, 4.69) is 10.6 Å². The molecule has 1 aliphatic heterocycles. The van der Waals surface area contributed by atoms with Crippen molar-refractivity contribution in [3.05, 3.63) is 0 Å². The van der Waals surface area contributed by atoms with Gasteiger partial charge in [-0.25, -0.2) is 0 Å². The monoisotopic (exact) mass is 309 g/mol. The second-order valence-corrected chi connectivity index (χ2v) is 4.40. The second kappa shape index (κ2) is 10.8. The van der Waals surface area contributed by atoms with Crippen molar-refractivity contribution in [2.45, 2.75) is 13.0 Å². The molecule has 0 aromatic rings. The van der Waals surface area contributed by atoms with E-state index in [9.17, 15) is 9.59 Å². The molecule has 2 N–H and O–H groups in total. The minimum absolute atomic E-state index is 0. The summed E-state index contributed by atoms with van der Waals surface area (Å²) in [5.41, 5.74) is 0. The number of hydrogen-bond donors (Lipinski definition) is 2. The lowest BCUT2D eigenvalue weighted by atomic mass is 10.2. The Labute approximate surface area is 125 Å². The zero-order valence-corrected chi connectivity index (χ0v) is 12.8. The van der Waals surface area contributed by atoms with Gasteiger partial charge in [0.25, 0.3) is 0 Å². The Morgan fingerprint density at radius 3 is 2.60 bits per heavy atom. The summed E-state index contributed by atoms with van der Waals surface area (Å²) in [5.74, 6) is -0.251. The van der Waals surface area contributed by atoms with Crippen molar-refractivity contribution in [2.24, 2.45) is 0 Å². The molecular weight excluding hydrogens is 286 g/mol. The second-order valence-electron chi connectivity index (χ2n) is 4.40. The predicted octanol–water partition coefficient (Wildman–Crippen LogP) is -0.992. The van der Waals surface area contributed by atoms with Crippen LogP contribution in [0.5, 0.6) is 0 Å². The number of ether oxygens (including phenoxy) is 2. The molecule has 7 nitrogen and oxygen atoms in total. The average molecular weight is 310 g/mol. The summed E-state index contributed by atoms with van der Waals surface area (Å²) in [6, 6.07) is -0.505. The number of nitrogens with zero attached hydrogens (tertiary/aromatic N) is 1. The quantitative estimate of drug-likeness (QED) is 0.590. The van der Waals surface area contributed by atoms with Crippen LogP contribution in [0.4, 0.5) is 0 Å². The molecule has 1 aliphatic rings. The third-order valence-corrected chi connectivity index (χ3v) is 2.84. The summed E-state index contributed by atoms with van der Waals surface area (Å²) in [4.78, 5) is 25.3. The summed E-state index contributed by atoms with van der Waals surface area (Å²) in [7, 11) is 1.60. The van der Waals surface area contributed by atoms with Crippen LogP contribution < -0.4 is 10.6 Å². The Morgan fingerprint density at radius 2 is 2.00 bits per heavy atom. The Balaban J connectivity index is 0.00000361. The van der Waals surface area contributed by atoms with Crippen LogP contribution >= 0.6 is 12.4 Å². The van der Waals surface area contributed by atoms with Crippen molar-refractivity contribution >= 4 is 24.2 Å². The molecule has 0 bridgehead atoms. The SMILES string of the molecule is COCCNCC(=O)NC(C)C(=O)N1CCOCC1.Cl. The van der Waals surface area contributed by atoms with E-state index in [-0.39, 0.29) is 30.8 Å². The van der Waals surface area contributed by atoms with Gasteiger partial charge in [-0.1, -0.05) is 0 Å². The molecule has 1 heterocycles. The van der Waals surface area contributed by atoms with Crippen LogP contribution in [0, 0.1) is 0 Å². The Kier molecular flexibility index (Phi) is 10.4. The van der Waals surface area contributed by atoms with Crippen molar-refractivity contribution < 1.29 is 19.1 Å². The summed E-state index contributed by atoms with van der Waals surface area (Å²) in [5, 5.41) is 5.61. The van der Waals surface area contributed by atoms with Gasteiger partial charge in [-0.05, 0) is 6.92 Å². The summed E-state index contributed by atoms with van der Waals surface area (Å²) >= 11 is 0. The van der Waals surface area contributed by atoms with Crippen LogP contribution in [0.25, 0.3) is 0 Å². The van der Waals surface area contributed by atoms with E-state index in [0.717, 1.165) is 0 Å². The van der Waals surface area contributed by atoms with E-state index < -0.39 is 6.04 Å². The molecule has 1 saturated heterocycles. The summed E-state index contributed by atoms with van der Waals surface area (Å²) < 4.78 is 10.0. The van der Waals surface area contributed by atoms with E-state index in [1.54, 1.807) is 18.9 Å². The Morgan fingerprint density at radius 1 is 1.35 bits per heavy atom. The molecule has 1 fully saturated rings. The molecule has 0 saturated carbocycles. The number of hydrogen-bond acceptors (Lipinski definition) is 5. The van der Waals surface area contributed by atoms with Gasteiger partial charge in [0.15, 0.2) is 0 Å². The highest BCUT2D eigenvalue weighted by Gasteiger charge is 2.23. The number of carbonyl (C=O) groups is 2. The third-order valence-electron chi connectivity index (χ3n) is 2.84. The van der Waals surface area contributed by atoms with Gasteiger partial charge in [-0.2, -0.15) is 0 Å². The van der Waals surface area contributed by atoms with Gasteiger partial charge in [-0.15, -0.1) is 12.4 Å².